The van der Waals surface area contributed by atoms with Crippen LogP contribution in [0.1, 0.15) is 54.0 Å². The Kier molecular flexibility index (Phi) is 8.44. The van der Waals surface area contributed by atoms with Crippen LogP contribution in [0.15, 0.2) is 30.3 Å². The van der Waals surface area contributed by atoms with Crippen LogP contribution in [0.4, 0.5) is 4.79 Å². The highest BCUT2D eigenvalue weighted by Gasteiger charge is 2.55. The number of carbonyl (C=O) groups is 1. The number of hydrogen-bond donors (Lipinski definition) is 0. The summed E-state index contributed by atoms with van der Waals surface area (Å²) in [7, 11) is -3.72. The predicted octanol–water partition coefficient (Wildman–Crippen LogP) is 3.44. The second-order valence-electron chi connectivity index (χ2n) is 11.1. The minimum absolute atomic E-state index is 0.158. The van der Waals surface area contributed by atoms with Crippen LogP contribution in [0.3, 0.4) is 0 Å². The minimum atomic E-state index is -3.72. The molecule has 2 heterocycles. The van der Waals surface area contributed by atoms with Gasteiger partial charge in [-0.15, -0.1) is 0 Å². The van der Waals surface area contributed by atoms with Gasteiger partial charge in [-0.25, -0.2) is 4.79 Å². The molecule has 0 saturated carbocycles. The third kappa shape index (κ3) is 7.62. The van der Waals surface area contributed by atoms with Crippen molar-refractivity contribution >= 4 is 16.2 Å². The van der Waals surface area contributed by atoms with Gasteiger partial charge in [0.1, 0.15) is 29.6 Å². The fourth-order valence-electron chi connectivity index (χ4n) is 4.39. The Bertz CT molecular complexity index is 1000. The Balaban J connectivity index is 1.96. The molecule has 2 aliphatic heterocycles. The molecule has 10 nitrogen and oxygen atoms in total. The predicted molar refractivity (Wildman–Crippen MR) is 132 cm³/mol. The Morgan fingerprint density at radius 1 is 1.14 bits per heavy atom. The smallest absolute Gasteiger partial charge is 0.412 e. The average molecular weight is 530 g/mol. The summed E-state index contributed by atoms with van der Waals surface area (Å²) >= 11 is 0. The third-order valence-corrected chi connectivity index (χ3v) is 6.33. The molecule has 1 aromatic rings. The Morgan fingerprint density at radius 2 is 1.78 bits per heavy atom. The number of carbonyl (C=O) groups excluding carboxylic acids is 1. The van der Waals surface area contributed by atoms with Crippen molar-refractivity contribution in [3.63, 3.8) is 0 Å². The molecule has 0 bridgehead atoms. The lowest BCUT2D eigenvalue weighted by molar-refractivity contribution is -0.167. The zero-order valence-corrected chi connectivity index (χ0v) is 23.2. The van der Waals surface area contributed by atoms with Crippen molar-refractivity contribution in [3.8, 4) is 0 Å². The minimum Gasteiger partial charge on any atom is -0.444 e. The molecule has 0 radical (unpaired) electrons. The molecule has 2 saturated heterocycles. The van der Waals surface area contributed by atoms with Crippen LogP contribution in [-0.2, 0) is 44.6 Å². The first-order valence-electron chi connectivity index (χ1n) is 12.0. The number of ether oxygens (including phenoxy) is 5. The lowest BCUT2D eigenvalue weighted by Crippen LogP contribution is -2.58. The normalized spacial score (nSPS) is 26.7. The summed E-state index contributed by atoms with van der Waals surface area (Å²) in [6.07, 6.45) is -1.87. The van der Waals surface area contributed by atoms with E-state index in [2.05, 4.69) is 0 Å². The van der Waals surface area contributed by atoms with Gasteiger partial charge in [-0.1, -0.05) is 30.3 Å². The van der Waals surface area contributed by atoms with E-state index in [4.69, 9.17) is 27.9 Å². The van der Waals surface area contributed by atoms with Crippen molar-refractivity contribution in [1.29, 1.82) is 0 Å². The zero-order valence-electron chi connectivity index (χ0n) is 22.3. The number of benzene rings is 1. The van der Waals surface area contributed by atoms with E-state index in [0.29, 0.717) is 0 Å². The second-order valence-corrected chi connectivity index (χ2v) is 12.7. The van der Waals surface area contributed by atoms with Gasteiger partial charge in [-0.05, 0) is 54.0 Å². The van der Waals surface area contributed by atoms with E-state index in [9.17, 15) is 13.2 Å². The first kappa shape index (κ1) is 28.8. The van der Waals surface area contributed by atoms with Gasteiger partial charge in [0.2, 0.25) is 0 Å². The van der Waals surface area contributed by atoms with Crippen LogP contribution in [0.2, 0.25) is 0 Å². The van der Waals surface area contributed by atoms with Gasteiger partial charge >= 0.3 is 6.09 Å². The molecule has 2 fully saturated rings. The van der Waals surface area contributed by atoms with Gasteiger partial charge in [0.05, 0.1) is 32.1 Å². The zero-order chi connectivity index (χ0) is 26.9. The van der Waals surface area contributed by atoms with Crippen molar-refractivity contribution in [3.05, 3.63) is 35.9 Å². The van der Waals surface area contributed by atoms with E-state index in [0.717, 1.165) is 11.8 Å². The average Bonchev–Trinajstić information content (AvgIpc) is 3.20. The molecule has 0 N–H and O–H groups in total. The Hall–Kier alpha value is -1.76. The molecular weight excluding hydrogens is 490 g/mol. The molecule has 3 rings (SSSR count). The van der Waals surface area contributed by atoms with Crippen LogP contribution in [0, 0.1) is 0 Å². The molecule has 0 aliphatic carbocycles. The summed E-state index contributed by atoms with van der Waals surface area (Å²) in [5.41, 5.74) is -0.775. The maximum atomic E-state index is 13.3. The summed E-state index contributed by atoms with van der Waals surface area (Å²) in [4.78, 5) is 14.9. The summed E-state index contributed by atoms with van der Waals surface area (Å²) in [5.74, 6) is -1.03. The lowest BCUT2D eigenvalue weighted by atomic mass is 10.00. The summed E-state index contributed by atoms with van der Waals surface area (Å²) < 4.78 is 58.9. The monoisotopic (exact) mass is 529 g/mol. The molecule has 1 aromatic carbocycles. The van der Waals surface area contributed by atoms with Gasteiger partial charge in [0.25, 0.3) is 10.1 Å². The second kappa shape index (κ2) is 10.5. The van der Waals surface area contributed by atoms with E-state index in [-0.39, 0.29) is 19.8 Å². The summed E-state index contributed by atoms with van der Waals surface area (Å²) in [6, 6.07) is 8.97. The topological polar surface area (TPSA) is 110 Å². The third-order valence-electron chi connectivity index (χ3n) is 5.77. The molecular formula is C25H39NO9S. The highest BCUT2D eigenvalue weighted by molar-refractivity contribution is 7.85. The SMILES string of the molecule is CC(C)(C)OC(=O)N1[C@@H]([C@H](OCc2ccccc2)[C@@H]2OC(C)(C)O[C@H]2COS(C)(=O)=O)COC1(C)C. The van der Waals surface area contributed by atoms with Crippen LogP contribution in [0.5, 0.6) is 0 Å². The molecule has 2 aliphatic rings. The first-order chi connectivity index (χ1) is 16.5. The van der Waals surface area contributed by atoms with Crippen LogP contribution < -0.4 is 0 Å². The highest BCUT2D eigenvalue weighted by Crippen LogP contribution is 2.38. The maximum absolute atomic E-state index is 13.3. The van der Waals surface area contributed by atoms with Crippen LogP contribution in [0.25, 0.3) is 0 Å². The largest absolute Gasteiger partial charge is 0.444 e. The Labute approximate surface area is 214 Å². The van der Waals surface area contributed by atoms with Gasteiger partial charge in [0.15, 0.2) is 5.79 Å². The van der Waals surface area contributed by atoms with Crippen molar-refractivity contribution < 1.29 is 41.1 Å². The van der Waals surface area contributed by atoms with E-state index in [1.54, 1.807) is 48.5 Å². The summed E-state index contributed by atoms with van der Waals surface area (Å²) in [5, 5.41) is 0. The van der Waals surface area contributed by atoms with Gasteiger partial charge < -0.3 is 23.7 Å². The van der Waals surface area contributed by atoms with E-state index in [1.807, 2.05) is 30.3 Å². The van der Waals surface area contributed by atoms with Crippen molar-refractivity contribution in [1.82, 2.24) is 4.90 Å². The number of rotatable bonds is 8. The number of hydrogen-bond acceptors (Lipinski definition) is 9. The van der Waals surface area contributed by atoms with Crippen molar-refractivity contribution in [2.75, 3.05) is 19.5 Å². The Morgan fingerprint density at radius 3 is 2.36 bits per heavy atom. The van der Waals surface area contributed by atoms with Crippen LogP contribution >= 0.6 is 0 Å². The molecule has 204 valence electrons. The van der Waals surface area contributed by atoms with E-state index >= 15 is 0 Å². The van der Waals surface area contributed by atoms with Gasteiger partial charge in [-0.2, -0.15) is 8.42 Å². The quantitative estimate of drug-likeness (QED) is 0.468. The number of amides is 1. The fraction of sp³-hybridized carbons (Fsp3) is 0.720. The number of nitrogens with zero attached hydrogens (tertiary/aromatic N) is 1. The molecule has 1 amide bonds. The molecule has 0 aromatic heterocycles. The first-order valence-corrected chi connectivity index (χ1v) is 13.8. The molecule has 36 heavy (non-hydrogen) atoms. The molecule has 11 heteroatoms. The van der Waals surface area contributed by atoms with Gasteiger partial charge in [0, 0.05) is 0 Å². The van der Waals surface area contributed by atoms with E-state index in [1.165, 1.54) is 4.90 Å². The van der Waals surface area contributed by atoms with Gasteiger partial charge in [-0.3, -0.25) is 9.08 Å². The fourth-order valence-corrected chi connectivity index (χ4v) is 4.77. The maximum Gasteiger partial charge on any atom is 0.412 e. The van der Waals surface area contributed by atoms with Crippen molar-refractivity contribution in [2.24, 2.45) is 0 Å². The standard InChI is InChI=1S/C25H39NO9S/c1-23(2,3)35-22(27)26-18(15-31-24(26,4)5)20(30-14-17-12-10-9-11-13-17)21-19(16-32-36(8,28)29)33-25(6,7)34-21/h9-13,18-21H,14-16H2,1-8H3/t18-,19+,20+,21-/m1/s1. The molecule has 0 unspecified atom stereocenters. The molecule has 4 atom stereocenters. The van der Waals surface area contributed by atoms with Crippen molar-refractivity contribution in [2.45, 2.75) is 96.5 Å². The molecule has 0 spiro atoms. The lowest BCUT2D eigenvalue weighted by Gasteiger charge is -2.39. The van der Waals surface area contributed by atoms with E-state index < -0.39 is 57.7 Å². The van der Waals surface area contributed by atoms with Crippen LogP contribution in [-0.4, -0.2) is 80.3 Å². The summed E-state index contributed by atoms with van der Waals surface area (Å²) in [6.45, 7) is 12.5. The highest BCUT2D eigenvalue weighted by atomic mass is 32.2.